The predicted octanol–water partition coefficient (Wildman–Crippen LogP) is 9.00. The van der Waals surface area contributed by atoms with E-state index >= 15 is 35.1 Å². The lowest BCUT2D eigenvalue weighted by molar-refractivity contribution is -0.657. The number of carbonyl (C=O) groups excluding carboxylic acids is 1. The summed E-state index contributed by atoms with van der Waals surface area (Å²) in [6, 6.07) is 17.5. The van der Waals surface area contributed by atoms with Crippen LogP contribution < -0.4 is 26.4 Å². The molecule has 0 aliphatic rings. The van der Waals surface area contributed by atoms with Crippen molar-refractivity contribution in [1.29, 1.82) is 0 Å². The van der Waals surface area contributed by atoms with E-state index in [-0.39, 0.29) is 18.1 Å². The maximum atomic E-state index is 15.4. The highest BCUT2D eigenvalue weighted by Crippen LogP contribution is 2.31. The SMILES string of the molecule is Fc1c(F)c(F)c([B-](c2c(F)c(F)c(F)c(F)c2F)(c2c(F)c(F)c(F)c(F)c2F)c2c(F)c(F)c(F)c(F)c2F)c(F)c1F.O=C(C[n+]1cccc2ccc(F)cc21)c1ccccc1. The second kappa shape index (κ2) is 17.5. The molecule has 65 heavy (non-hydrogen) atoms. The normalized spacial score (nSPS) is 11.6. The van der Waals surface area contributed by atoms with Crippen LogP contribution in [0.3, 0.4) is 0 Å². The van der Waals surface area contributed by atoms with Crippen molar-refractivity contribution in [2.45, 2.75) is 6.54 Å². The van der Waals surface area contributed by atoms with Crippen molar-refractivity contribution in [2.24, 2.45) is 0 Å². The molecule has 0 spiro atoms. The summed E-state index contributed by atoms with van der Waals surface area (Å²) >= 11 is 0. The van der Waals surface area contributed by atoms with Crippen molar-refractivity contribution < 1.29 is 102 Å². The van der Waals surface area contributed by atoms with Crippen LogP contribution in [0.15, 0.2) is 66.9 Å². The summed E-state index contributed by atoms with van der Waals surface area (Å²) in [5.41, 5.74) is -12.9. The molecule has 0 saturated carbocycles. The fraction of sp³-hybridized carbons (Fsp3) is 0.0244. The minimum atomic E-state index is -7.22. The van der Waals surface area contributed by atoms with Gasteiger partial charge in [0.25, 0.3) is 0 Å². The highest BCUT2D eigenvalue weighted by Gasteiger charge is 2.52. The van der Waals surface area contributed by atoms with E-state index in [9.17, 15) is 61.9 Å². The van der Waals surface area contributed by atoms with Gasteiger partial charge in [0.1, 0.15) is 58.5 Å². The molecule has 24 heteroatoms. The van der Waals surface area contributed by atoms with Gasteiger partial charge in [-0.1, -0.05) is 30.3 Å². The standard InChI is InChI=1S/C24BF20.C17H13FNO/c26-5-1(6(27)14(35)21(42)13(5)34)25(2-7(28)15(36)22(43)16(37)8(2)29,3-9(30)17(38)23(44)18(39)10(3)31)4-11(32)19(40)24(45)20(41)12(4)33;18-15-9-8-13-7-4-10-19(16(13)11-15)12-17(20)14-5-2-1-3-6-14/h;1-11H,12H2/q-1;+1. The van der Waals surface area contributed by atoms with Gasteiger partial charge >= 0.3 is 0 Å². The number of pyridine rings is 1. The maximum absolute atomic E-state index is 15.4. The molecule has 0 amide bonds. The van der Waals surface area contributed by atoms with Gasteiger partial charge in [-0.25, -0.2) is 92.2 Å². The van der Waals surface area contributed by atoms with Gasteiger partial charge in [0, 0.05) is 23.1 Å². The first kappa shape index (κ1) is 47.5. The first-order valence-electron chi connectivity index (χ1n) is 17.3. The number of fused-ring (bicyclic) bond motifs is 1. The molecular formula is C41H13BF21NO. The molecule has 1 aromatic heterocycles. The Kier molecular flexibility index (Phi) is 12.8. The number of hydrogen-bond donors (Lipinski definition) is 0. The Bertz CT molecular complexity index is 2730. The van der Waals surface area contributed by atoms with Crippen LogP contribution in [0.5, 0.6) is 0 Å². The molecule has 1 heterocycles. The van der Waals surface area contributed by atoms with E-state index in [1.54, 1.807) is 29.0 Å². The van der Waals surface area contributed by atoms with Gasteiger partial charge in [-0.05, 0) is 18.2 Å². The minimum absolute atomic E-state index is 0.00682. The Morgan fingerprint density at radius 1 is 0.369 bits per heavy atom. The smallest absolute Gasteiger partial charge is 0.227 e. The summed E-state index contributed by atoms with van der Waals surface area (Å²) in [5, 5.41) is 0.912. The van der Waals surface area contributed by atoms with Crippen molar-refractivity contribution in [3.63, 3.8) is 0 Å². The Morgan fingerprint density at radius 3 is 1.00 bits per heavy atom. The average molecular weight is 945 g/mol. The van der Waals surface area contributed by atoms with Crippen LogP contribution in [0.1, 0.15) is 10.4 Å². The van der Waals surface area contributed by atoms with Crippen LogP contribution in [0.4, 0.5) is 92.2 Å². The number of hydrogen-bond acceptors (Lipinski definition) is 1. The molecule has 0 unspecified atom stereocenters. The lowest BCUT2D eigenvalue weighted by atomic mass is 9.12. The lowest BCUT2D eigenvalue weighted by Crippen LogP contribution is -2.81. The number of Topliss-reactive ketones (excluding diaryl/α,β-unsaturated/α-hetero) is 1. The van der Waals surface area contributed by atoms with E-state index in [1.807, 2.05) is 30.3 Å². The van der Waals surface area contributed by atoms with E-state index in [0.717, 1.165) is 10.9 Å². The second-order valence-electron chi connectivity index (χ2n) is 13.4. The number of aromatic nitrogens is 1. The first-order chi connectivity index (χ1) is 30.4. The Labute approximate surface area is 347 Å². The zero-order valence-corrected chi connectivity index (χ0v) is 30.9. The highest BCUT2D eigenvalue weighted by atomic mass is 19.2. The zero-order chi connectivity index (χ0) is 48.3. The third-order valence-electron chi connectivity index (χ3n) is 9.96. The van der Waals surface area contributed by atoms with E-state index in [4.69, 9.17) is 0 Å². The Morgan fingerprint density at radius 2 is 0.677 bits per heavy atom. The van der Waals surface area contributed by atoms with Gasteiger partial charge in [0.05, 0.1) is 0 Å². The lowest BCUT2D eigenvalue weighted by Gasteiger charge is -2.44. The van der Waals surface area contributed by atoms with Crippen molar-refractivity contribution in [2.75, 3.05) is 0 Å². The Hall–Kier alpha value is -7.01. The molecular weight excluding hydrogens is 932 g/mol. The fourth-order valence-electron chi connectivity index (χ4n) is 7.12. The van der Waals surface area contributed by atoms with Gasteiger partial charge in [0.2, 0.25) is 17.8 Å². The minimum Gasteiger partial charge on any atom is -0.287 e. The van der Waals surface area contributed by atoms with Gasteiger partial charge < -0.3 is 0 Å². The highest BCUT2D eigenvalue weighted by molar-refractivity contribution is 7.20. The number of ketones is 1. The summed E-state index contributed by atoms with van der Waals surface area (Å²) in [7, 11) is 0. The van der Waals surface area contributed by atoms with E-state index in [1.165, 1.54) is 12.1 Å². The van der Waals surface area contributed by atoms with Crippen molar-refractivity contribution >= 4 is 44.7 Å². The third kappa shape index (κ3) is 7.46. The molecule has 0 saturated heterocycles. The molecule has 7 rings (SSSR count). The molecule has 0 aliphatic carbocycles. The van der Waals surface area contributed by atoms with Crippen LogP contribution in [-0.4, -0.2) is 11.9 Å². The van der Waals surface area contributed by atoms with Crippen LogP contribution in [0.25, 0.3) is 10.9 Å². The largest absolute Gasteiger partial charge is 0.287 e. The number of halogens is 21. The predicted molar refractivity (Wildman–Crippen MR) is 184 cm³/mol. The molecule has 6 aromatic carbocycles. The van der Waals surface area contributed by atoms with Crippen LogP contribution in [-0.2, 0) is 6.54 Å². The summed E-state index contributed by atoms with van der Waals surface area (Å²) in [6.07, 6.45) is -5.42. The van der Waals surface area contributed by atoms with Crippen molar-refractivity contribution in [3.05, 3.63) is 195 Å². The maximum Gasteiger partial charge on any atom is 0.227 e. The monoisotopic (exact) mass is 945 g/mol. The quantitative estimate of drug-likeness (QED) is 0.0391. The molecule has 0 N–H and O–H groups in total. The number of benzene rings is 6. The molecule has 7 aromatic rings. The first-order valence-corrected chi connectivity index (χ1v) is 17.3. The number of carbonyl (C=O) groups is 1. The van der Waals surface area contributed by atoms with Crippen LogP contribution >= 0.6 is 0 Å². The van der Waals surface area contributed by atoms with Gasteiger partial charge in [-0.2, -0.15) is 4.57 Å². The molecule has 0 atom stereocenters. The van der Waals surface area contributed by atoms with Gasteiger partial charge in [-0.15, -0.1) is 21.9 Å². The second-order valence-corrected chi connectivity index (χ2v) is 13.4. The number of nitrogens with zero attached hydrogens (tertiary/aromatic N) is 1. The summed E-state index contributed by atoms with van der Waals surface area (Å²) < 4.78 is 309. The van der Waals surface area contributed by atoms with Crippen LogP contribution in [0.2, 0.25) is 0 Å². The van der Waals surface area contributed by atoms with E-state index in [2.05, 4.69) is 0 Å². The van der Waals surface area contributed by atoms with E-state index in [0.29, 0.717) is 5.56 Å². The number of rotatable bonds is 7. The van der Waals surface area contributed by atoms with Gasteiger partial charge in [-0.3, -0.25) is 4.79 Å². The summed E-state index contributed by atoms with van der Waals surface area (Å²) in [6.45, 7) is 0.199. The summed E-state index contributed by atoms with van der Waals surface area (Å²) in [5.74, 6) is -71.7. The molecule has 0 aliphatic heterocycles. The van der Waals surface area contributed by atoms with Crippen molar-refractivity contribution in [1.82, 2.24) is 0 Å². The molecule has 2 nitrogen and oxygen atoms in total. The van der Waals surface area contributed by atoms with E-state index < -0.39 is 144 Å². The fourth-order valence-corrected chi connectivity index (χ4v) is 7.12. The Balaban J connectivity index is 0.000000289. The molecule has 0 radical (unpaired) electrons. The van der Waals surface area contributed by atoms with Crippen LogP contribution in [0, 0.1) is 122 Å². The molecule has 338 valence electrons. The van der Waals surface area contributed by atoms with Gasteiger partial charge in [0.15, 0.2) is 76.0 Å². The average Bonchev–Trinajstić information content (AvgIpc) is 3.29. The third-order valence-corrected chi connectivity index (χ3v) is 9.96. The summed E-state index contributed by atoms with van der Waals surface area (Å²) in [4.78, 5) is 12.2. The molecule has 0 fully saturated rings. The molecule has 0 bridgehead atoms. The van der Waals surface area contributed by atoms with Crippen molar-refractivity contribution in [3.8, 4) is 0 Å². The topological polar surface area (TPSA) is 20.9 Å². The zero-order valence-electron chi connectivity index (χ0n) is 30.9.